The molecule has 0 bridgehead atoms. The van der Waals surface area contributed by atoms with Crippen molar-refractivity contribution in [2.75, 3.05) is 0 Å². The molecule has 140 valence electrons. The third-order valence-corrected chi connectivity index (χ3v) is 6.05. The zero-order valence-corrected chi connectivity index (χ0v) is 16.8. The van der Waals surface area contributed by atoms with Gasteiger partial charge in [0.1, 0.15) is 0 Å². The van der Waals surface area contributed by atoms with E-state index in [1.807, 2.05) is 35.7 Å². The van der Waals surface area contributed by atoms with Gasteiger partial charge in [-0.3, -0.25) is 9.59 Å². The van der Waals surface area contributed by atoms with E-state index in [-0.39, 0.29) is 23.1 Å². The Kier molecular flexibility index (Phi) is 6.47. The van der Waals surface area contributed by atoms with E-state index in [1.54, 1.807) is 18.3 Å². The normalized spacial score (nSPS) is 11.9. The first kappa shape index (κ1) is 19.4. The van der Waals surface area contributed by atoms with Crippen molar-refractivity contribution in [3.05, 3.63) is 79.9 Å². The summed E-state index contributed by atoms with van der Waals surface area (Å²) in [6, 6.07) is 14.0. The number of aromatic nitrogens is 2. The van der Waals surface area contributed by atoms with E-state index in [1.165, 1.54) is 17.3 Å². The molecule has 5 nitrogen and oxygen atoms in total. The van der Waals surface area contributed by atoms with Gasteiger partial charge in [0.25, 0.3) is 5.56 Å². The topological polar surface area (TPSA) is 74.8 Å². The number of thiophene rings is 1. The number of amides is 1. The molecule has 27 heavy (non-hydrogen) atoms. The summed E-state index contributed by atoms with van der Waals surface area (Å²) in [6.45, 7) is 4.32. The molecule has 0 fully saturated rings. The molecule has 2 N–H and O–H groups in total. The largest absolute Gasteiger partial charge is 0.351 e. The Morgan fingerprint density at radius 3 is 2.70 bits per heavy atom. The molecule has 0 saturated carbocycles. The van der Waals surface area contributed by atoms with Crippen molar-refractivity contribution in [1.82, 2.24) is 15.3 Å². The van der Waals surface area contributed by atoms with Crippen molar-refractivity contribution in [2.45, 2.75) is 37.2 Å². The van der Waals surface area contributed by atoms with E-state index in [2.05, 4.69) is 34.3 Å². The van der Waals surface area contributed by atoms with Gasteiger partial charge in [-0.2, -0.15) is 0 Å². The molecule has 1 amide bonds. The number of carbonyl (C=O) groups excluding carboxylic acids is 1. The molecule has 0 aliphatic rings. The van der Waals surface area contributed by atoms with Crippen molar-refractivity contribution in [2.24, 2.45) is 0 Å². The van der Waals surface area contributed by atoms with Crippen LogP contribution in [0.1, 0.15) is 33.9 Å². The van der Waals surface area contributed by atoms with Crippen LogP contribution in [0.2, 0.25) is 0 Å². The van der Waals surface area contributed by atoms with Crippen LogP contribution in [0.25, 0.3) is 0 Å². The Balaban J connectivity index is 1.65. The summed E-state index contributed by atoms with van der Waals surface area (Å²) in [6.07, 6.45) is 0.0265. The van der Waals surface area contributed by atoms with E-state index in [9.17, 15) is 9.59 Å². The summed E-state index contributed by atoms with van der Waals surface area (Å²) in [4.78, 5) is 33.0. The number of carbonyl (C=O) groups is 1. The van der Waals surface area contributed by atoms with Gasteiger partial charge in [0.2, 0.25) is 5.91 Å². The molecule has 2 heterocycles. The van der Waals surface area contributed by atoms with Crippen LogP contribution in [0, 0.1) is 6.92 Å². The second kappa shape index (κ2) is 9.01. The monoisotopic (exact) mass is 399 g/mol. The van der Waals surface area contributed by atoms with E-state index >= 15 is 0 Å². The highest BCUT2D eigenvalue weighted by molar-refractivity contribution is 7.99. The van der Waals surface area contributed by atoms with E-state index in [0.717, 1.165) is 4.88 Å². The SMILES string of the molecule is Cc1nc(S[C@H](C)c2ccccc2)[nH]c(=O)c1CC(=O)NCc1cccs1. The summed E-state index contributed by atoms with van der Waals surface area (Å²) < 4.78 is 0. The molecular weight excluding hydrogens is 378 g/mol. The zero-order valence-electron chi connectivity index (χ0n) is 15.2. The first-order chi connectivity index (χ1) is 13.0. The molecule has 3 rings (SSSR count). The average Bonchev–Trinajstić information content (AvgIpc) is 3.17. The minimum Gasteiger partial charge on any atom is -0.351 e. The van der Waals surface area contributed by atoms with Gasteiger partial charge in [-0.25, -0.2) is 4.98 Å². The van der Waals surface area contributed by atoms with Gasteiger partial charge in [0.05, 0.1) is 13.0 Å². The van der Waals surface area contributed by atoms with Crippen molar-refractivity contribution >= 4 is 29.0 Å². The van der Waals surface area contributed by atoms with E-state index < -0.39 is 0 Å². The highest BCUT2D eigenvalue weighted by Crippen LogP contribution is 2.32. The Bertz CT molecular complexity index is 953. The smallest absolute Gasteiger partial charge is 0.255 e. The molecular formula is C20H21N3O2S2. The maximum atomic E-state index is 12.5. The summed E-state index contributed by atoms with van der Waals surface area (Å²) in [5.74, 6) is -0.183. The fraction of sp³-hybridized carbons (Fsp3) is 0.250. The molecule has 0 radical (unpaired) electrons. The number of nitrogens with one attached hydrogen (secondary N) is 2. The molecule has 0 aliphatic heterocycles. The maximum Gasteiger partial charge on any atom is 0.255 e. The molecule has 3 aromatic rings. The number of thioether (sulfide) groups is 1. The van der Waals surface area contributed by atoms with Crippen molar-refractivity contribution in [3.8, 4) is 0 Å². The highest BCUT2D eigenvalue weighted by atomic mass is 32.2. The van der Waals surface area contributed by atoms with Crippen LogP contribution in [-0.2, 0) is 17.8 Å². The molecule has 0 aliphatic carbocycles. The molecule has 1 atom stereocenters. The quantitative estimate of drug-likeness (QED) is 0.467. The fourth-order valence-corrected chi connectivity index (χ4v) is 4.24. The summed E-state index contributed by atoms with van der Waals surface area (Å²) in [7, 11) is 0. The summed E-state index contributed by atoms with van der Waals surface area (Å²) >= 11 is 3.08. The predicted octanol–water partition coefficient (Wildman–Crippen LogP) is 3.85. The lowest BCUT2D eigenvalue weighted by atomic mass is 10.1. The van der Waals surface area contributed by atoms with Crippen LogP contribution in [0.5, 0.6) is 0 Å². The highest BCUT2D eigenvalue weighted by Gasteiger charge is 2.15. The first-order valence-electron chi connectivity index (χ1n) is 8.63. The van der Waals surface area contributed by atoms with Crippen molar-refractivity contribution in [3.63, 3.8) is 0 Å². The number of aryl methyl sites for hydroxylation is 1. The standard InChI is InChI=1S/C20H21N3O2S2/c1-13-17(11-18(24)21-12-16-9-6-10-26-16)19(25)23-20(22-13)27-14(2)15-7-4-3-5-8-15/h3-10,14H,11-12H2,1-2H3,(H,21,24)(H,22,23,25)/t14-/m1/s1. The van der Waals surface area contributed by atoms with Crippen LogP contribution < -0.4 is 10.9 Å². The number of rotatable bonds is 7. The Morgan fingerprint density at radius 1 is 1.26 bits per heavy atom. The molecule has 1 aromatic carbocycles. The third-order valence-electron chi connectivity index (χ3n) is 4.14. The average molecular weight is 400 g/mol. The van der Waals surface area contributed by atoms with E-state index in [4.69, 9.17) is 0 Å². The molecule has 0 spiro atoms. The van der Waals surface area contributed by atoms with Crippen molar-refractivity contribution < 1.29 is 4.79 Å². The number of aromatic amines is 1. The lowest BCUT2D eigenvalue weighted by Gasteiger charge is -2.12. The minimum absolute atomic E-state index is 0.0265. The van der Waals surface area contributed by atoms with Crippen LogP contribution in [-0.4, -0.2) is 15.9 Å². The van der Waals surface area contributed by atoms with Gasteiger partial charge in [0.15, 0.2) is 5.16 Å². The fourth-order valence-electron chi connectivity index (χ4n) is 2.63. The molecule has 0 unspecified atom stereocenters. The van der Waals surface area contributed by atoms with Gasteiger partial charge >= 0.3 is 0 Å². The van der Waals surface area contributed by atoms with Crippen LogP contribution in [0.3, 0.4) is 0 Å². The van der Waals surface area contributed by atoms with Gasteiger partial charge < -0.3 is 10.3 Å². The number of H-pyrrole nitrogens is 1. The van der Waals surface area contributed by atoms with Crippen LogP contribution in [0.15, 0.2) is 57.8 Å². The van der Waals surface area contributed by atoms with Gasteiger partial charge in [-0.05, 0) is 30.9 Å². The summed E-state index contributed by atoms with van der Waals surface area (Å²) in [5.41, 5.74) is 1.92. The Morgan fingerprint density at radius 2 is 2.04 bits per heavy atom. The Hall–Kier alpha value is -2.38. The van der Waals surface area contributed by atoms with Gasteiger partial charge in [-0.15, -0.1) is 11.3 Å². The summed E-state index contributed by atoms with van der Waals surface area (Å²) in [5, 5.41) is 5.53. The lowest BCUT2D eigenvalue weighted by Crippen LogP contribution is -2.28. The minimum atomic E-state index is -0.253. The van der Waals surface area contributed by atoms with Gasteiger partial charge in [-0.1, -0.05) is 48.2 Å². The molecule has 7 heteroatoms. The molecule has 0 saturated heterocycles. The van der Waals surface area contributed by atoms with E-state index in [0.29, 0.717) is 23.0 Å². The van der Waals surface area contributed by atoms with Gasteiger partial charge in [0, 0.05) is 21.4 Å². The second-order valence-electron chi connectivity index (χ2n) is 6.14. The van der Waals surface area contributed by atoms with Crippen molar-refractivity contribution in [1.29, 1.82) is 0 Å². The third kappa shape index (κ3) is 5.30. The second-order valence-corrected chi connectivity index (χ2v) is 8.50. The zero-order chi connectivity index (χ0) is 19.2. The Labute approximate surface area is 166 Å². The number of hydrogen-bond acceptors (Lipinski definition) is 5. The maximum absolute atomic E-state index is 12.5. The first-order valence-corrected chi connectivity index (χ1v) is 10.4. The predicted molar refractivity (Wildman–Crippen MR) is 110 cm³/mol. The number of benzene rings is 1. The number of hydrogen-bond donors (Lipinski definition) is 2. The number of nitrogens with zero attached hydrogens (tertiary/aromatic N) is 1. The molecule has 2 aromatic heterocycles. The lowest BCUT2D eigenvalue weighted by molar-refractivity contribution is -0.120. The van der Waals surface area contributed by atoms with Crippen LogP contribution >= 0.6 is 23.1 Å². The van der Waals surface area contributed by atoms with Crippen LogP contribution in [0.4, 0.5) is 0 Å².